The lowest BCUT2D eigenvalue weighted by Crippen LogP contribution is -1.89. The molecular formula is C8H7BrClFS. The van der Waals surface area contributed by atoms with Crippen LogP contribution >= 0.6 is 39.3 Å². The third-order valence-electron chi connectivity index (χ3n) is 1.43. The topological polar surface area (TPSA) is 0 Å². The van der Waals surface area contributed by atoms with E-state index in [0.717, 1.165) is 0 Å². The van der Waals surface area contributed by atoms with Gasteiger partial charge in [0.25, 0.3) is 0 Å². The standard InChI is InChI=1S/C8H7BrClFS/c1-12-4-5-7(11)3-2-6(10)8(5)9/h2-3H,4H2,1H3. The molecule has 0 unspecified atom stereocenters. The Bertz CT molecular complexity index is 291. The number of benzene rings is 1. The summed E-state index contributed by atoms with van der Waals surface area (Å²) in [6.45, 7) is 0. The van der Waals surface area contributed by atoms with Crippen LogP contribution in [0.15, 0.2) is 16.6 Å². The Hall–Kier alpha value is 0.270. The zero-order valence-corrected chi connectivity index (χ0v) is 9.56. The molecule has 1 aromatic carbocycles. The molecule has 0 nitrogen and oxygen atoms in total. The molecule has 4 heteroatoms. The largest absolute Gasteiger partial charge is 0.207 e. The van der Waals surface area contributed by atoms with Gasteiger partial charge in [-0.05, 0) is 34.3 Å². The van der Waals surface area contributed by atoms with Gasteiger partial charge in [0.1, 0.15) is 5.82 Å². The smallest absolute Gasteiger partial charge is 0.128 e. The summed E-state index contributed by atoms with van der Waals surface area (Å²) < 4.78 is 13.8. The van der Waals surface area contributed by atoms with Gasteiger partial charge in [-0.2, -0.15) is 11.8 Å². The number of halogens is 3. The Morgan fingerprint density at radius 1 is 1.58 bits per heavy atom. The predicted molar refractivity (Wildman–Crippen MR) is 56.3 cm³/mol. The van der Waals surface area contributed by atoms with Crippen molar-refractivity contribution in [2.24, 2.45) is 0 Å². The normalized spacial score (nSPS) is 10.3. The van der Waals surface area contributed by atoms with Gasteiger partial charge in [0.15, 0.2) is 0 Å². The third kappa shape index (κ3) is 2.15. The van der Waals surface area contributed by atoms with E-state index in [1.54, 1.807) is 17.8 Å². The molecule has 0 saturated heterocycles. The second-order valence-corrected chi connectivity index (χ2v) is 4.32. The minimum Gasteiger partial charge on any atom is -0.207 e. The van der Waals surface area contributed by atoms with Crippen LogP contribution in [0.4, 0.5) is 4.39 Å². The van der Waals surface area contributed by atoms with Gasteiger partial charge in [0, 0.05) is 15.8 Å². The van der Waals surface area contributed by atoms with Crippen molar-refractivity contribution in [3.63, 3.8) is 0 Å². The number of hydrogen-bond acceptors (Lipinski definition) is 1. The Kier molecular flexibility index (Phi) is 3.87. The summed E-state index contributed by atoms with van der Waals surface area (Å²) in [7, 11) is 0. The lowest BCUT2D eigenvalue weighted by atomic mass is 10.2. The van der Waals surface area contributed by atoms with Crippen LogP contribution in [0, 0.1) is 5.82 Å². The van der Waals surface area contributed by atoms with E-state index in [0.29, 0.717) is 20.8 Å². The first-order chi connectivity index (χ1) is 5.66. The van der Waals surface area contributed by atoms with Crippen LogP contribution in [-0.4, -0.2) is 6.26 Å². The summed E-state index contributed by atoms with van der Waals surface area (Å²) in [5.74, 6) is 0.424. The molecule has 0 radical (unpaired) electrons. The van der Waals surface area contributed by atoms with E-state index < -0.39 is 0 Å². The molecule has 0 atom stereocenters. The summed E-state index contributed by atoms with van der Waals surface area (Å²) in [6, 6.07) is 2.93. The van der Waals surface area contributed by atoms with Gasteiger partial charge < -0.3 is 0 Å². The summed E-state index contributed by atoms with van der Waals surface area (Å²) in [6.07, 6.45) is 1.92. The van der Waals surface area contributed by atoms with Crippen LogP contribution in [-0.2, 0) is 5.75 Å². The van der Waals surface area contributed by atoms with Crippen molar-refractivity contribution in [2.45, 2.75) is 5.75 Å². The van der Waals surface area contributed by atoms with Gasteiger partial charge in [-0.15, -0.1) is 0 Å². The molecule has 0 amide bonds. The van der Waals surface area contributed by atoms with E-state index in [1.165, 1.54) is 6.07 Å². The molecular weight excluding hydrogens is 263 g/mol. The van der Waals surface area contributed by atoms with Gasteiger partial charge in [0.2, 0.25) is 0 Å². The average Bonchev–Trinajstić information content (AvgIpc) is 2.06. The second-order valence-electron chi connectivity index (χ2n) is 2.25. The highest BCUT2D eigenvalue weighted by Crippen LogP contribution is 2.30. The van der Waals surface area contributed by atoms with E-state index in [-0.39, 0.29) is 5.82 Å². The Morgan fingerprint density at radius 3 is 2.83 bits per heavy atom. The summed E-state index contributed by atoms with van der Waals surface area (Å²) in [4.78, 5) is 0. The highest BCUT2D eigenvalue weighted by atomic mass is 79.9. The molecule has 0 bridgehead atoms. The monoisotopic (exact) mass is 268 g/mol. The van der Waals surface area contributed by atoms with E-state index in [9.17, 15) is 4.39 Å². The molecule has 0 spiro atoms. The molecule has 0 saturated carbocycles. The highest BCUT2D eigenvalue weighted by molar-refractivity contribution is 9.10. The lowest BCUT2D eigenvalue weighted by Gasteiger charge is -2.05. The van der Waals surface area contributed by atoms with Crippen LogP contribution in [0.5, 0.6) is 0 Å². The minimum atomic E-state index is -0.208. The molecule has 0 aliphatic heterocycles. The predicted octanol–water partition coefficient (Wildman–Crippen LogP) is 4.10. The fourth-order valence-electron chi connectivity index (χ4n) is 0.846. The molecule has 0 heterocycles. The van der Waals surface area contributed by atoms with E-state index in [1.807, 2.05) is 6.26 Å². The van der Waals surface area contributed by atoms with Crippen molar-refractivity contribution < 1.29 is 4.39 Å². The average molecular weight is 270 g/mol. The molecule has 12 heavy (non-hydrogen) atoms. The minimum absolute atomic E-state index is 0.208. The van der Waals surface area contributed by atoms with Gasteiger partial charge in [-0.1, -0.05) is 11.6 Å². The first kappa shape index (κ1) is 10.4. The first-order valence-corrected chi connectivity index (χ1v) is 5.84. The molecule has 1 rings (SSSR count). The molecule has 0 aliphatic carbocycles. The lowest BCUT2D eigenvalue weighted by molar-refractivity contribution is 0.616. The quantitative estimate of drug-likeness (QED) is 0.728. The molecule has 66 valence electrons. The van der Waals surface area contributed by atoms with Crippen molar-refractivity contribution in [2.75, 3.05) is 6.26 Å². The Morgan fingerprint density at radius 2 is 2.25 bits per heavy atom. The number of hydrogen-bond donors (Lipinski definition) is 0. The summed E-state index contributed by atoms with van der Waals surface area (Å²) in [5.41, 5.74) is 0.634. The molecule has 0 N–H and O–H groups in total. The highest BCUT2D eigenvalue weighted by Gasteiger charge is 2.08. The summed E-state index contributed by atoms with van der Waals surface area (Å²) in [5, 5.41) is 0.556. The fourth-order valence-corrected chi connectivity index (χ4v) is 2.24. The van der Waals surface area contributed by atoms with Crippen LogP contribution in [0.25, 0.3) is 0 Å². The van der Waals surface area contributed by atoms with Crippen LogP contribution < -0.4 is 0 Å². The summed E-state index contributed by atoms with van der Waals surface area (Å²) >= 11 is 10.6. The van der Waals surface area contributed by atoms with Crippen molar-refractivity contribution in [1.29, 1.82) is 0 Å². The zero-order valence-electron chi connectivity index (χ0n) is 6.40. The SMILES string of the molecule is CSCc1c(F)ccc(Cl)c1Br. The fraction of sp³-hybridized carbons (Fsp3) is 0.250. The number of rotatable bonds is 2. The Balaban J connectivity index is 3.14. The van der Waals surface area contributed by atoms with E-state index >= 15 is 0 Å². The van der Waals surface area contributed by atoms with Crippen LogP contribution in [0.2, 0.25) is 5.02 Å². The first-order valence-electron chi connectivity index (χ1n) is 3.28. The van der Waals surface area contributed by atoms with E-state index in [2.05, 4.69) is 15.9 Å². The van der Waals surface area contributed by atoms with Crippen molar-refractivity contribution >= 4 is 39.3 Å². The maximum Gasteiger partial charge on any atom is 0.128 e. The molecule has 0 aliphatic rings. The molecule has 0 fully saturated rings. The third-order valence-corrected chi connectivity index (χ3v) is 3.45. The van der Waals surface area contributed by atoms with Crippen LogP contribution in [0.3, 0.4) is 0 Å². The maximum atomic E-state index is 13.1. The van der Waals surface area contributed by atoms with Gasteiger partial charge >= 0.3 is 0 Å². The van der Waals surface area contributed by atoms with E-state index in [4.69, 9.17) is 11.6 Å². The van der Waals surface area contributed by atoms with Crippen molar-refractivity contribution in [1.82, 2.24) is 0 Å². The van der Waals surface area contributed by atoms with Crippen molar-refractivity contribution in [3.05, 3.63) is 33.0 Å². The maximum absolute atomic E-state index is 13.1. The number of thioether (sulfide) groups is 1. The van der Waals surface area contributed by atoms with Gasteiger partial charge in [0.05, 0.1) is 5.02 Å². The van der Waals surface area contributed by atoms with Gasteiger partial charge in [-0.25, -0.2) is 4.39 Å². The molecule has 1 aromatic rings. The molecule has 0 aromatic heterocycles. The second kappa shape index (κ2) is 4.49. The Labute approximate surface area is 88.6 Å². The van der Waals surface area contributed by atoms with Gasteiger partial charge in [-0.3, -0.25) is 0 Å². The van der Waals surface area contributed by atoms with Crippen LogP contribution in [0.1, 0.15) is 5.56 Å². The van der Waals surface area contributed by atoms with Crippen molar-refractivity contribution in [3.8, 4) is 0 Å². The zero-order chi connectivity index (χ0) is 9.14.